The van der Waals surface area contributed by atoms with E-state index in [2.05, 4.69) is 27.8 Å². The van der Waals surface area contributed by atoms with Crippen LogP contribution in [0.25, 0.3) is 10.9 Å². The molecule has 1 aliphatic heterocycles. The zero-order valence-electron chi connectivity index (χ0n) is 18.7. The lowest BCUT2D eigenvalue weighted by Gasteiger charge is -2.32. The van der Waals surface area contributed by atoms with Crippen LogP contribution in [0.3, 0.4) is 0 Å². The van der Waals surface area contributed by atoms with Gasteiger partial charge in [-0.15, -0.1) is 0 Å². The van der Waals surface area contributed by atoms with Crippen LogP contribution in [-0.4, -0.2) is 40.7 Å². The quantitative estimate of drug-likeness (QED) is 0.415. The van der Waals surface area contributed by atoms with E-state index < -0.39 is 5.97 Å². The average Bonchev–Trinajstić information content (AvgIpc) is 3.48. The Bertz CT molecular complexity index is 1250. The molecule has 4 aromatic rings. The van der Waals surface area contributed by atoms with Crippen LogP contribution in [0, 0.1) is 0 Å². The standard InChI is InChI=1S/C27H28N2O4/c1-32-21-8-9-26-24(15-21)25(18-29(26)17-22-6-4-14-33-22)19-10-12-28(13-11-19)16-20-5-2-3-7-23(20)27(30)31/h2-9,14-15,18-19H,10-13,16-17H2,1H3,(H,30,31). The molecule has 0 radical (unpaired) electrons. The topological polar surface area (TPSA) is 67.8 Å². The van der Waals surface area contributed by atoms with Gasteiger partial charge in [0, 0.05) is 23.6 Å². The molecule has 33 heavy (non-hydrogen) atoms. The molecule has 2 aromatic carbocycles. The molecule has 0 bridgehead atoms. The highest BCUT2D eigenvalue weighted by Crippen LogP contribution is 2.36. The number of furan rings is 1. The van der Waals surface area contributed by atoms with E-state index in [1.165, 1.54) is 16.5 Å². The van der Waals surface area contributed by atoms with Gasteiger partial charge in [-0.1, -0.05) is 18.2 Å². The fraction of sp³-hybridized carbons (Fsp3) is 0.296. The van der Waals surface area contributed by atoms with Crippen LogP contribution in [0.15, 0.2) is 71.5 Å². The number of rotatable bonds is 7. The number of likely N-dealkylation sites (tertiary alicyclic amines) is 1. The number of carboxylic acids is 1. The highest BCUT2D eigenvalue weighted by atomic mass is 16.5. The van der Waals surface area contributed by atoms with Crippen LogP contribution in [0.2, 0.25) is 0 Å². The molecule has 6 heteroatoms. The SMILES string of the molecule is COc1ccc2c(c1)c(C1CCN(Cc3ccccc3C(=O)O)CC1)cn2Cc1ccco1. The number of hydrogen-bond acceptors (Lipinski definition) is 4. The fourth-order valence-electron chi connectivity index (χ4n) is 4.97. The van der Waals surface area contributed by atoms with Crippen molar-refractivity contribution in [3.8, 4) is 5.75 Å². The summed E-state index contributed by atoms with van der Waals surface area (Å²) in [6.07, 6.45) is 6.05. The summed E-state index contributed by atoms with van der Waals surface area (Å²) in [6.45, 7) is 3.24. The van der Waals surface area contributed by atoms with Gasteiger partial charge in [-0.2, -0.15) is 0 Å². The molecule has 1 saturated heterocycles. The largest absolute Gasteiger partial charge is 0.497 e. The summed E-state index contributed by atoms with van der Waals surface area (Å²) in [5.74, 6) is 1.38. The van der Waals surface area contributed by atoms with Gasteiger partial charge in [0.25, 0.3) is 0 Å². The van der Waals surface area contributed by atoms with Gasteiger partial charge in [-0.25, -0.2) is 4.79 Å². The van der Waals surface area contributed by atoms with Crippen molar-refractivity contribution in [2.45, 2.75) is 31.8 Å². The number of piperidine rings is 1. The maximum atomic E-state index is 11.6. The molecule has 0 amide bonds. The molecule has 5 rings (SSSR count). The summed E-state index contributed by atoms with van der Waals surface area (Å²) >= 11 is 0. The van der Waals surface area contributed by atoms with E-state index in [9.17, 15) is 9.90 Å². The zero-order chi connectivity index (χ0) is 22.8. The summed E-state index contributed by atoms with van der Waals surface area (Å²) in [4.78, 5) is 13.9. The van der Waals surface area contributed by atoms with Crippen LogP contribution >= 0.6 is 0 Å². The molecular weight excluding hydrogens is 416 g/mol. The minimum atomic E-state index is -0.862. The smallest absolute Gasteiger partial charge is 0.336 e. The number of carbonyl (C=O) groups is 1. The van der Waals surface area contributed by atoms with Crippen LogP contribution in [-0.2, 0) is 13.1 Å². The number of carboxylic acid groups (broad SMARTS) is 1. The number of aromatic nitrogens is 1. The Morgan fingerprint density at radius 3 is 2.64 bits per heavy atom. The van der Waals surface area contributed by atoms with Crippen LogP contribution in [0.4, 0.5) is 0 Å². The maximum absolute atomic E-state index is 11.6. The summed E-state index contributed by atoms with van der Waals surface area (Å²) in [6, 6.07) is 17.5. The van der Waals surface area contributed by atoms with E-state index in [0.717, 1.165) is 43.0 Å². The first-order valence-corrected chi connectivity index (χ1v) is 11.3. The number of hydrogen-bond donors (Lipinski definition) is 1. The molecule has 1 N–H and O–H groups in total. The minimum absolute atomic E-state index is 0.396. The number of fused-ring (bicyclic) bond motifs is 1. The van der Waals surface area contributed by atoms with Crippen molar-refractivity contribution in [3.05, 3.63) is 89.5 Å². The molecule has 0 spiro atoms. The van der Waals surface area contributed by atoms with Gasteiger partial charge in [-0.05, 0) is 79.4 Å². The minimum Gasteiger partial charge on any atom is -0.497 e. The second-order valence-electron chi connectivity index (χ2n) is 8.69. The van der Waals surface area contributed by atoms with Gasteiger partial charge in [0.15, 0.2) is 0 Å². The summed E-state index contributed by atoms with van der Waals surface area (Å²) in [5.41, 5.74) is 3.80. The number of ether oxygens (including phenoxy) is 1. The Labute approximate surface area is 193 Å². The monoisotopic (exact) mass is 444 g/mol. The first-order valence-electron chi connectivity index (χ1n) is 11.3. The van der Waals surface area contributed by atoms with Crippen molar-refractivity contribution >= 4 is 16.9 Å². The molecule has 0 saturated carbocycles. The van der Waals surface area contributed by atoms with E-state index in [0.29, 0.717) is 24.6 Å². The number of methoxy groups -OCH3 is 1. The molecule has 3 heterocycles. The fourth-order valence-corrected chi connectivity index (χ4v) is 4.97. The molecular formula is C27H28N2O4. The van der Waals surface area contributed by atoms with E-state index >= 15 is 0 Å². The van der Waals surface area contributed by atoms with E-state index in [-0.39, 0.29) is 0 Å². The van der Waals surface area contributed by atoms with Gasteiger partial charge in [0.1, 0.15) is 11.5 Å². The van der Waals surface area contributed by atoms with Gasteiger partial charge in [0.2, 0.25) is 0 Å². The highest BCUT2D eigenvalue weighted by Gasteiger charge is 2.25. The molecule has 170 valence electrons. The maximum Gasteiger partial charge on any atom is 0.336 e. The molecule has 1 aliphatic rings. The lowest BCUT2D eigenvalue weighted by Crippen LogP contribution is -2.33. The summed E-state index contributed by atoms with van der Waals surface area (Å²) < 4.78 is 13.4. The molecule has 2 aromatic heterocycles. The van der Waals surface area contributed by atoms with Gasteiger partial charge < -0.3 is 18.8 Å². The number of aromatic carboxylic acids is 1. The highest BCUT2D eigenvalue weighted by molar-refractivity contribution is 5.89. The predicted molar refractivity (Wildman–Crippen MR) is 127 cm³/mol. The Hall–Kier alpha value is -3.51. The Morgan fingerprint density at radius 1 is 1.09 bits per heavy atom. The molecule has 6 nitrogen and oxygen atoms in total. The normalized spacial score (nSPS) is 15.2. The third-order valence-corrected chi connectivity index (χ3v) is 6.69. The van der Waals surface area contributed by atoms with Crippen LogP contribution in [0.5, 0.6) is 5.75 Å². The summed E-state index contributed by atoms with van der Waals surface area (Å²) in [5, 5.41) is 10.7. The van der Waals surface area contributed by atoms with Crippen molar-refractivity contribution in [2.24, 2.45) is 0 Å². The van der Waals surface area contributed by atoms with Crippen molar-refractivity contribution < 1.29 is 19.1 Å². The third kappa shape index (κ3) is 4.39. The number of benzene rings is 2. The second kappa shape index (κ2) is 9.16. The third-order valence-electron chi connectivity index (χ3n) is 6.69. The number of nitrogens with zero attached hydrogens (tertiary/aromatic N) is 2. The van der Waals surface area contributed by atoms with E-state index in [4.69, 9.17) is 9.15 Å². The zero-order valence-corrected chi connectivity index (χ0v) is 18.7. The van der Waals surface area contributed by atoms with Crippen LogP contribution < -0.4 is 4.74 Å². The van der Waals surface area contributed by atoms with Gasteiger partial charge in [0.05, 0.1) is 25.5 Å². The van der Waals surface area contributed by atoms with Crippen molar-refractivity contribution in [3.63, 3.8) is 0 Å². The van der Waals surface area contributed by atoms with Crippen molar-refractivity contribution in [2.75, 3.05) is 20.2 Å². The Kier molecular flexibility index (Phi) is 5.92. The van der Waals surface area contributed by atoms with Gasteiger partial charge >= 0.3 is 5.97 Å². The van der Waals surface area contributed by atoms with Crippen molar-refractivity contribution in [1.82, 2.24) is 9.47 Å². The average molecular weight is 445 g/mol. The molecule has 0 atom stereocenters. The Morgan fingerprint density at radius 2 is 1.91 bits per heavy atom. The Balaban J connectivity index is 1.36. The molecule has 0 unspecified atom stereocenters. The van der Waals surface area contributed by atoms with E-state index in [1.807, 2.05) is 30.3 Å². The van der Waals surface area contributed by atoms with E-state index in [1.54, 1.807) is 25.5 Å². The first-order chi connectivity index (χ1) is 16.1. The lowest BCUT2D eigenvalue weighted by atomic mass is 9.89. The predicted octanol–water partition coefficient (Wildman–Crippen LogP) is 5.37. The first kappa shape index (κ1) is 21.3. The molecule has 1 fully saturated rings. The van der Waals surface area contributed by atoms with Crippen molar-refractivity contribution in [1.29, 1.82) is 0 Å². The second-order valence-corrected chi connectivity index (χ2v) is 8.69. The molecule has 0 aliphatic carbocycles. The summed E-state index contributed by atoms with van der Waals surface area (Å²) in [7, 11) is 1.70. The van der Waals surface area contributed by atoms with Crippen LogP contribution in [0.1, 0.15) is 46.0 Å². The van der Waals surface area contributed by atoms with Gasteiger partial charge in [-0.3, -0.25) is 4.90 Å². The lowest BCUT2D eigenvalue weighted by molar-refractivity contribution is 0.0694.